The van der Waals surface area contributed by atoms with Crippen LogP contribution in [0.1, 0.15) is 12.5 Å². The molecule has 1 aromatic carbocycles. The Morgan fingerprint density at radius 1 is 1.33 bits per heavy atom. The van der Waals surface area contributed by atoms with E-state index in [1.165, 1.54) is 6.20 Å². The molecule has 18 heavy (non-hydrogen) atoms. The Labute approximate surface area is 109 Å². The monoisotopic (exact) mass is 265 g/mol. The van der Waals surface area contributed by atoms with Crippen LogP contribution in [0.4, 0.5) is 0 Å². The predicted molar refractivity (Wildman–Crippen MR) is 69.6 cm³/mol. The van der Waals surface area contributed by atoms with Crippen molar-refractivity contribution in [3.8, 4) is 0 Å². The van der Waals surface area contributed by atoms with Gasteiger partial charge in [0.25, 0.3) is 11.3 Å². The number of hydrogen-bond donors (Lipinski definition) is 1. The zero-order valence-corrected chi connectivity index (χ0v) is 10.8. The van der Waals surface area contributed by atoms with Crippen molar-refractivity contribution >= 4 is 17.2 Å². The van der Waals surface area contributed by atoms with Crippen molar-refractivity contribution < 1.29 is 13.6 Å². The first-order valence-corrected chi connectivity index (χ1v) is 6.82. The summed E-state index contributed by atoms with van der Waals surface area (Å²) >= 11 is -2.28. The second kappa shape index (κ2) is 5.46. The lowest BCUT2D eigenvalue weighted by Crippen LogP contribution is -2.40. The third-order valence-electron chi connectivity index (χ3n) is 3.16. The van der Waals surface area contributed by atoms with Crippen molar-refractivity contribution in [3.63, 3.8) is 0 Å². The smallest absolute Gasteiger partial charge is 0.268 e. The number of hydrogen-bond acceptors (Lipinski definition) is 2. The minimum atomic E-state index is -2.28. The van der Waals surface area contributed by atoms with E-state index in [9.17, 15) is 9.00 Å². The topological polar surface area (TPSA) is 57.6 Å². The average Bonchev–Trinajstić information content (AvgIpc) is 2.35. The molecule has 0 aromatic heterocycles. The number of carbonyl (C=O) groups is 1. The van der Waals surface area contributed by atoms with Gasteiger partial charge >= 0.3 is 0 Å². The first-order chi connectivity index (χ1) is 8.59. The Morgan fingerprint density at radius 2 is 2.00 bits per heavy atom. The van der Waals surface area contributed by atoms with Crippen LogP contribution >= 0.6 is 0 Å². The van der Waals surface area contributed by atoms with E-state index in [1.54, 1.807) is 6.08 Å². The summed E-state index contributed by atoms with van der Waals surface area (Å²) in [6.45, 7) is 1.94. The van der Waals surface area contributed by atoms with E-state index in [4.69, 9.17) is 4.55 Å². The molecule has 96 valence electrons. The molecule has 0 bridgehead atoms. The van der Waals surface area contributed by atoms with Gasteiger partial charge in [0.2, 0.25) is 5.91 Å². The van der Waals surface area contributed by atoms with E-state index in [0.29, 0.717) is 6.42 Å². The molecule has 1 aliphatic heterocycles. The average molecular weight is 265 g/mol. The summed E-state index contributed by atoms with van der Waals surface area (Å²) in [5.74, 6) is -0.513. The minimum absolute atomic E-state index is 0.0671. The summed E-state index contributed by atoms with van der Waals surface area (Å²) in [5, 5.41) is 0. The fourth-order valence-electron chi connectivity index (χ4n) is 2.08. The number of nitrogens with zero attached hydrogens (tertiary/aromatic N) is 1. The van der Waals surface area contributed by atoms with Crippen molar-refractivity contribution in [3.05, 3.63) is 48.2 Å². The van der Waals surface area contributed by atoms with Gasteiger partial charge in [-0.1, -0.05) is 43.3 Å². The van der Waals surface area contributed by atoms with Gasteiger partial charge in [0.05, 0.1) is 0 Å². The normalized spacial score (nSPS) is 25.2. The van der Waals surface area contributed by atoms with Crippen LogP contribution in [0.25, 0.3) is 0 Å². The Hall–Kier alpha value is -1.46. The fourth-order valence-corrected chi connectivity index (χ4v) is 2.54. The van der Waals surface area contributed by atoms with Crippen molar-refractivity contribution in [1.82, 2.24) is 4.31 Å². The molecule has 0 saturated heterocycles. The summed E-state index contributed by atoms with van der Waals surface area (Å²) in [7, 11) is 0. The molecule has 5 heteroatoms. The summed E-state index contributed by atoms with van der Waals surface area (Å²) in [4.78, 5) is 12.1. The highest BCUT2D eigenvalue weighted by molar-refractivity contribution is 7.77. The van der Waals surface area contributed by atoms with Crippen LogP contribution in [0.5, 0.6) is 0 Å². The van der Waals surface area contributed by atoms with Gasteiger partial charge in [0.1, 0.15) is 0 Å². The molecule has 0 radical (unpaired) electrons. The van der Waals surface area contributed by atoms with Crippen LogP contribution in [0.3, 0.4) is 0 Å². The van der Waals surface area contributed by atoms with E-state index in [1.807, 2.05) is 37.3 Å². The van der Waals surface area contributed by atoms with Crippen LogP contribution in [-0.4, -0.2) is 19.0 Å². The summed E-state index contributed by atoms with van der Waals surface area (Å²) in [5.41, 5.74) is 1.06. The largest absolute Gasteiger partial charge is 0.289 e. The van der Waals surface area contributed by atoms with E-state index in [2.05, 4.69) is 0 Å². The van der Waals surface area contributed by atoms with Gasteiger partial charge in [0.15, 0.2) is 0 Å². The fraction of sp³-hybridized carbons (Fsp3) is 0.308. The molecule has 2 rings (SSSR count). The Bertz CT molecular complexity index is 486. The maximum atomic E-state index is 12.1. The standard InChI is InChI=1S/C13H15NO3S/c1-10-7-8-14(18(16)17)13(15)12(10)9-11-5-3-2-4-6-11/h2-8,10,12H,9H2,1H3,(H,16,17)/t10-,12-/m0/s1. The van der Waals surface area contributed by atoms with Gasteiger partial charge < -0.3 is 0 Å². The van der Waals surface area contributed by atoms with Crippen molar-refractivity contribution in [2.45, 2.75) is 13.3 Å². The van der Waals surface area contributed by atoms with Crippen LogP contribution in [0, 0.1) is 11.8 Å². The van der Waals surface area contributed by atoms with E-state index >= 15 is 0 Å². The van der Waals surface area contributed by atoms with Crippen LogP contribution in [-0.2, 0) is 22.5 Å². The van der Waals surface area contributed by atoms with Crippen molar-refractivity contribution in [1.29, 1.82) is 0 Å². The summed E-state index contributed by atoms with van der Waals surface area (Å²) < 4.78 is 21.0. The molecule has 1 heterocycles. The van der Waals surface area contributed by atoms with Gasteiger partial charge in [-0.05, 0) is 17.9 Å². The van der Waals surface area contributed by atoms with Gasteiger partial charge in [-0.2, -0.15) is 0 Å². The lowest BCUT2D eigenvalue weighted by atomic mass is 9.85. The van der Waals surface area contributed by atoms with E-state index in [-0.39, 0.29) is 17.7 Å². The van der Waals surface area contributed by atoms with E-state index in [0.717, 1.165) is 9.87 Å². The molecule has 1 N–H and O–H groups in total. The lowest BCUT2D eigenvalue weighted by molar-refractivity contribution is -0.130. The summed E-state index contributed by atoms with van der Waals surface area (Å²) in [6, 6.07) is 9.68. The first kappa shape index (κ1) is 13.0. The third kappa shape index (κ3) is 2.68. The summed E-state index contributed by atoms with van der Waals surface area (Å²) in [6.07, 6.45) is 3.77. The van der Waals surface area contributed by atoms with E-state index < -0.39 is 11.3 Å². The second-order valence-corrected chi connectivity index (χ2v) is 5.25. The maximum absolute atomic E-state index is 12.1. The zero-order chi connectivity index (χ0) is 13.1. The number of benzene rings is 1. The molecular weight excluding hydrogens is 250 g/mol. The molecule has 0 saturated carbocycles. The first-order valence-electron chi connectivity index (χ1n) is 5.76. The quantitative estimate of drug-likeness (QED) is 0.850. The third-order valence-corrected chi connectivity index (χ3v) is 3.80. The van der Waals surface area contributed by atoms with Gasteiger partial charge in [-0.25, -0.2) is 8.51 Å². The minimum Gasteiger partial charge on any atom is -0.289 e. The van der Waals surface area contributed by atoms with Gasteiger partial charge in [-0.15, -0.1) is 0 Å². The van der Waals surface area contributed by atoms with Crippen LogP contribution in [0.15, 0.2) is 42.6 Å². The van der Waals surface area contributed by atoms with Crippen LogP contribution in [0.2, 0.25) is 0 Å². The van der Waals surface area contributed by atoms with Crippen molar-refractivity contribution in [2.24, 2.45) is 11.8 Å². The van der Waals surface area contributed by atoms with Gasteiger partial charge in [0, 0.05) is 12.1 Å². The molecule has 1 amide bonds. The lowest BCUT2D eigenvalue weighted by Gasteiger charge is -2.29. The molecule has 1 aromatic rings. The maximum Gasteiger partial charge on any atom is 0.268 e. The number of allylic oxidation sites excluding steroid dienone is 1. The van der Waals surface area contributed by atoms with Gasteiger partial charge in [-0.3, -0.25) is 9.35 Å². The Kier molecular flexibility index (Phi) is 3.93. The number of rotatable bonds is 3. The number of carbonyl (C=O) groups excluding carboxylic acids is 1. The highest BCUT2D eigenvalue weighted by Crippen LogP contribution is 2.26. The molecule has 0 aliphatic carbocycles. The number of amides is 1. The zero-order valence-electron chi connectivity index (χ0n) is 10.0. The Balaban J connectivity index is 2.19. The second-order valence-electron chi connectivity index (χ2n) is 4.39. The molecule has 0 spiro atoms. The predicted octanol–water partition coefficient (Wildman–Crippen LogP) is 1.97. The molecule has 4 nitrogen and oxygen atoms in total. The molecule has 3 atom stereocenters. The van der Waals surface area contributed by atoms with Crippen LogP contribution < -0.4 is 0 Å². The molecule has 0 fully saturated rings. The van der Waals surface area contributed by atoms with Crippen molar-refractivity contribution in [2.75, 3.05) is 0 Å². The SMILES string of the molecule is C[C@H]1C=CN(S(=O)O)C(=O)[C@H]1Cc1ccccc1. The Morgan fingerprint density at radius 3 is 2.61 bits per heavy atom. The molecule has 1 aliphatic rings. The molecular formula is C13H15NO3S. The highest BCUT2D eigenvalue weighted by Gasteiger charge is 2.33. The molecule has 1 unspecified atom stereocenters. The highest BCUT2D eigenvalue weighted by atomic mass is 32.2.